The Kier molecular flexibility index (Phi) is 3.95. The Balaban J connectivity index is 3.74. The molecule has 62 valence electrons. The molecule has 11 heavy (non-hydrogen) atoms. The van der Waals surface area contributed by atoms with Crippen molar-refractivity contribution in [3.8, 4) is 0 Å². The zero-order chi connectivity index (χ0) is 8.85. The molecule has 0 atom stereocenters. The third-order valence-electron chi connectivity index (χ3n) is 1.18. The van der Waals surface area contributed by atoms with Crippen molar-refractivity contribution in [2.45, 2.75) is 19.8 Å². The summed E-state index contributed by atoms with van der Waals surface area (Å²) in [6, 6.07) is 0. The summed E-state index contributed by atoms with van der Waals surface area (Å²) < 4.78 is 0. The normalized spacial score (nSPS) is 11.2. The Morgan fingerprint density at radius 3 is 2.45 bits per heavy atom. The van der Waals surface area contributed by atoms with Crippen molar-refractivity contribution >= 4 is 11.9 Å². The maximum absolute atomic E-state index is 10.2. The SMILES string of the molecule is C/C(=C\CCC(N)=O)C(=O)O. The average molecular weight is 157 g/mol. The van der Waals surface area contributed by atoms with Gasteiger partial charge in [-0.1, -0.05) is 6.08 Å². The van der Waals surface area contributed by atoms with Crippen LogP contribution >= 0.6 is 0 Å². The number of nitrogens with two attached hydrogens (primary N) is 1. The molecule has 0 aliphatic heterocycles. The summed E-state index contributed by atoms with van der Waals surface area (Å²) in [5.41, 5.74) is 5.08. The predicted molar refractivity (Wildman–Crippen MR) is 39.8 cm³/mol. The summed E-state index contributed by atoms with van der Waals surface area (Å²) in [5, 5.41) is 8.36. The zero-order valence-corrected chi connectivity index (χ0v) is 6.33. The zero-order valence-electron chi connectivity index (χ0n) is 6.33. The van der Waals surface area contributed by atoms with E-state index in [-0.39, 0.29) is 12.0 Å². The molecule has 0 saturated heterocycles. The van der Waals surface area contributed by atoms with Crippen LogP contribution in [0.5, 0.6) is 0 Å². The monoisotopic (exact) mass is 157 g/mol. The minimum atomic E-state index is -0.963. The number of amides is 1. The second-order valence-electron chi connectivity index (χ2n) is 2.20. The van der Waals surface area contributed by atoms with Crippen LogP contribution in [-0.4, -0.2) is 17.0 Å². The quantitative estimate of drug-likeness (QED) is 0.575. The molecule has 0 aromatic carbocycles. The van der Waals surface area contributed by atoms with Crippen molar-refractivity contribution in [1.82, 2.24) is 0 Å². The molecule has 0 aliphatic rings. The Morgan fingerprint density at radius 2 is 2.09 bits per heavy atom. The third-order valence-corrected chi connectivity index (χ3v) is 1.18. The van der Waals surface area contributed by atoms with Gasteiger partial charge in [-0.3, -0.25) is 4.79 Å². The van der Waals surface area contributed by atoms with E-state index in [1.165, 1.54) is 13.0 Å². The Bertz CT molecular complexity index is 196. The molecule has 0 aromatic heterocycles. The van der Waals surface area contributed by atoms with Gasteiger partial charge in [-0.05, 0) is 13.3 Å². The van der Waals surface area contributed by atoms with E-state index in [0.717, 1.165) is 0 Å². The fraction of sp³-hybridized carbons (Fsp3) is 0.429. The lowest BCUT2D eigenvalue weighted by Gasteiger charge is -1.91. The van der Waals surface area contributed by atoms with Gasteiger partial charge in [0.1, 0.15) is 0 Å². The topological polar surface area (TPSA) is 80.4 Å². The van der Waals surface area contributed by atoms with Gasteiger partial charge >= 0.3 is 5.97 Å². The number of carboxylic acid groups (broad SMARTS) is 1. The molecule has 0 aromatic rings. The highest BCUT2D eigenvalue weighted by Gasteiger charge is 1.98. The smallest absolute Gasteiger partial charge is 0.330 e. The number of hydrogen-bond acceptors (Lipinski definition) is 2. The van der Waals surface area contributed by atoms with Crippen LogP contribution < -0.4 is 5.73 Å². The lowest BCUT2D eigenvalue weighted by Crippen LogP contribution is -2.09. The van der Waals surface area contributed by atoms with Crippen molar-refractivity contribution in [3.05, 3.63) is 11.6 Å². The number of rotatable bonds is 4. The van der Waals surface area contributed by atoms with Gasteiger partial charge in [0.15, 0.2) is 0 Å². The van der Waals surface area contributed by atoms with Crippen LogP contribution in [0.1, 0.15) is 19.8 Å². The highest BCUT2D eigenvalue weighted by atomic mass is 16.4. The summed E-state index contributed by atoms with van der Waals surface area (Å²) >= 11 is 0. The van der Waals surface area contributed by atoms with Crippen molar-refractivity contribution < 1.29 is 14.7 Å². The minimum absolute atomic E-state index is 0.199. The van der Waals surface area contributed by atoms with Gasteiger partial charge in [0.05, 0.1) is 0 Å². The first kappa shape index (κ1) is 9.68. The molecule has 0 aliphatic carbocycles. The van der Waals surface area contributed by atoms with Gasteiger partial charge in [-0.15, -0.1) is 0 Å². The number of aliphatic carboxylic acids is 1. The van der Waals surface area contributed by atoms with E-state index in [1.807, 2.05) is 0 Å². The molecule has 1 amide bonds. The second kappa shape index (κ2) is 4.49. The molecule has 4 nitrogen and oxygen atoms in total. The molecule has 0 rings (SSSR count). The van der Waals surface area contributed by atoms with E-state index in [2.05, 4.69) is 0 Å². The van der Waals surface area contributed by atoms with Crippen molar-refractivity contribution in [3.63, 3.8) is 0 Å². The molecule has 0 bridgehead atoms. The maximum Gasteiger partial charge on any atom is 0.330 e. The highest BCUT2D eigenvalue weighted by molar-refractivity contribution is 5.85. The summed E-state index contributed by atoms with van der Waals surface area (Å²) in [6.45, 7) is 1.48. The van der Waals surface area contributed by atoms with Crippen LogP contribution in [0.3, 0.4) is 0 Å². The van der Waals surface area contributed by atoms with E-state index in [1.54, 1.807) is 0 Å². The second-order valence-corrected chi connectivity index (χ2v) is 2.20. The molecule has 0 heterocycles. The fourth-order valence-electron chi connectivity index (χ4n) is 0.518. The first-order valence-corrected chi connectivity index (χ1v) is 3.22. The van der Waals surface area contributed by atoms with Crippen LogP contribution in [-0.2, 0) is 9.59 Å². The minimum Gasteiger partial charge on any atom is -0.478 e. The number of carboxylic acids is 1. The van der Waals surface area contributed by atoms with Crippen LogP contribution in [0.4, 0.5) is 0 Å². The summed E-state index contributed by atoms with van der Waals surface area (Å²) in [4.78, 5) is 20.4. The number of hydrogen-bond donors (Lipinski definition) is 2. The van der Waals surface area contributed by atoms with Gasteiger partial charge in [-0.2, -0.15) is 0 Å². The number of primary amides is 1. The van der Waals surface area contributed by atoms with Crippen molar-refractivity contribution in [1.29, 1.82) is 0 Å². The number of allylic oxidation sites excluding steroid dienone is 1. The maximum atomic E-state index is 10.2. The number of carbonyl (C=O) groups is 2. The van der Waals surface area contributed by atoms with Crippen LogP contribution in [0.2, 0.25) is 0 Å². The Morgan fingerprint density at radius 1 is 1.55 bits per heavy atom. The van der Waals surface area contributed by atoms with E-state index in [4.69, 9.17) is 10.8 Å². The standard InChI is InChI=1S/C7H11NO3/c1-5(7(10)11)3-2-4-6(8)9/h3H,2,4H2,1H3,(H2,8,9)(H,10,11)/b5-3+. The van der Waals surface area contributed by atoms with Gasteiger partial charge in [0.2, 0.25) is 5.91 Å². The molecular weight excluding hydrogens is 146 g/mol. The van der Waals surface area contributed by atoms with Crippen molar-refractivity contribution in [2.24, 2.45) is 5.73 Å². The van der Waals surface area contributed by atoms with E-state index in [0.29, 0.717) is 6.42 Å². The average Bonchev–Trinajstić information content (AvgIpc) is 1.86. The molecule has 0 spiro atoms. The molecule has 4 heteroatoms. The van der Waals surface area contributed by atoms with Crippen LogP contribution in [0.15, 0.2) is 11.6 Å². The molecular formula is C7H11NO3. The van der Waals surface area contributed by atoms with Crippen LogP contribution in [0.25, 0.3) is 0 Å². The first-order chi connectivity index (χ1) is 5.04. The summed E-state index contributed by atoms with van der Waals surface area (Å²) in [7, 11) is 0. The van der Waals surface area contributed by atoms with Crippen LogP contribution in [0, 0.1) is 0 Å². The largest absolute Gasteiger partial charge is 0.478 e. The van der Waals surface area contributed by atoms with Gasteiger partial charge in [0, 0.05) is 12.0 Å². The van der Waals surface area contributed by atoms with E-state index < -0.39 is 11.9 Å². The van der Waals surface area contributed by atoms with Gasteiger partial charge in [-0.25, -0.2) is 4.79 Å². The molecule has 0 fully saturated rings. The predicted octanol–water partition coefficient (Wildman–Crippen LogP) is 0.283. The summed E-state index contributed by atoms with van der Waals surface area (Å²) in [6.07, 6.45) is 2.07. The first-order valence-electron chi connectivity index (χ1n) is 3.22. The van der Waals surface area contributed by atoms with Gasteiger partial charge < -0.3 is 10.8 Å². The number of carbonyl (C=O) groups excluding carboxylic acids is 1. The lowest BCUT2D eigenvalue weighted by atomic mass is 10.2. The van der Waals surface area contributed by atoms with Crippen molar-refractivity contribution in [2.75, 3.05) is 0 Å². The Hall–Kier alpha value is -1.32. The van der Waals surface area contributed by atoms with Gasteiger partial charge in [0.25, 0.3) is 0 Å². The Labute approximate surface area is 64.7 Å². The lowest BCUT2D eigenvalue weighted by molar-refractivity contribution is -0.132. The molecule has 0 unspecified atom stereocenters. The summed E-state index contributed by atoms with van der Waals surface area (Å²) in [5.74, 6) is -1.38. The van der Waals surface area contributed by atoms with E-state index >= 15 is 0 Å². The molecule has 3 N–H and O–H groups in total. The highest BCUT2D eigenvalue weighted by Crippen LogP contribution is 1.97. The fourth-order valence-corrected chi connectivity index (χ4v) is 0.518. The molecule has 0 saturated carbocycles. The third kappa shape index (κ3) is 5.14. The molecule has 0 radical (unpaired) electrons. The van der Waals surface area contributed by atoms with E-state index in [9.17, 15) is 9.59 Å².